The smallest absolute Gasteiger partial charge is 0.407 e. The second-order valence-corrected chi connectivity index (χ2v) is 8.28. The lowest BCUT2D eigenvalue weighted by molar-refractivity contribution is -0.122. The Morgan fingerprint density at radius 1 is 1.09 bits per heavy atom. The highest BCUT2D eigenvalue weighted by molar-refractivity contribution is 7.09. The Bertz CT molecular complexity index is 1130. The molecule has 0 bridgehead atoms. The summed E-state index contributed by atoms with van der Waals surface area (Å²) in [5.74, 6) is -1.61. The molecule has 164 valence electrons. The summed E-state index contributed by atoms with van der Waals surface area (Å²) in [6.45, 7) is 1.78. The Hall–Kier alpha value is -3.72. The van der Waals surface area contributed by atoms with Gasteiger partial charge >= 0.3 is 12.1 Å². The number of rotatable bonds is 7. The Balaban J connectivity index is 1.30. The zero-order chi connectivity index (χ0) is 22.7. The average Bonchev–Trinajstić information content (AvgIpc) is 3.39. The molecule has 0 radical (unpaired) electrons. The van der Waals surface area contributed by atoms with Gasteiger partial charge in [0.25, 0.3) is 0 Å². The van der Waals surface area contributed by atoms with E-state index >= 15 is 0 Å². The van der Waals surface area contributed by atoms with Crippen LogP contribution in [-0.4, -0.2) is 40.7 Å². The minimum absolute atomic E-state index is 0.0642. The second kappa shape index (κ2) is 9.19. The number of carbonyl (C=O) groups is 3. The highest BCUT2D eigenvalue weighted by Gasteiger charge is 2.29. The lowest BCUT2D eigenvalue weighted by Crippen LogP contribution is -2.45. The summed E-state index contributed by atoms with van der Waals surface area (Å²) in [5.41, 5.74) is 4.42. The molecule has 1 atom stereocenters. The number of alkyl carbamates (subject to hydrolysis) is 1. The van der Waals surface area contributed by atoms with Crippen LogP contribution in [-0.2, 0) is 16.1 Å². The lowest BCUT2D eigenvalue weighted by Gasteiger charge is -2.17. The van der Waals surface area contributed by atoms with Crippen molar-refractivity contribution in [2.24, 2.45) is 0 Å². The molecule has 1 heterocycles. The molecule has 0 fully saturated rings. The van der Waals surface area contributed by atoms with E-state index in [0.29, 0.717) is 5.01 Å². The van der Waals surface area contributed by atoms with E-state index in [1.165, 1.54) is 5.38 Å². The number of carboxylic acids is 1. The number of ether oxygens (including phenoxy) is 1. The summed E-state index contributed by atoms with van der Waals surface area (Å²) < 4.78 is 5.45. The maximum Gasteiger partial charge on any atom is 0.407 e. The third-order valence-corrected chi connectivity index (χ3v) is 6.10. The van der Waals surface area contributed by atoms with E-state index in [4.69, 9.17) is 9.84 Å². The van der Waals surface area contributed by atoms with E-state index in [-0.39, 0.29) is 24.8 Å². The normalized spacial score (nSPS) is 13.0. The van der Waals surface area contributed by atoms with Crippen LogP contribution in [0.2, 0.25) is 0 Å². The van der Waals surface area contributed by atoms with Crippen LogP contribution < -0.4 is 10.6 Å². The van der Waals surface area contributed by atoms with E-state index in [1.807, 2.05) is 36.4 Å². The molecule has 1 aromatic heterocycles. The maximum atomic E-state index is 12.3. The van der Waals surface area contributed by atoms with Crippen molar-refractivity contribution < 1.29 is 24.2 Å². The van der Waals surface area contributed by atoms with E-state index < -0.39 is 24.0 Å². The summed E-state index contributed by atoms with van der Waals surface area (Å²) in [4.78, 5) is 39.3. The molecule has 3 aromatic rings. The van der Waals surface area contributed by atoms with Gasteiger partial charge in [-0.3, -0.25) is 4.79 Å². The van der Waals surface area contributed by atoms with E-state index in [2.05, 4.69) is 27.8 Å². The fourth-order valence-corrected chi connectivity index (χ4v) is 4.40. The van der Waals surface area contributed by atoms with Gasteiger partial charge in [-0.15, -0.1) is 11.3 Å². The topological polar surface area (TPSA) is 118 Å². The molecular formula is C23H21N3O5S. The van der Waals surface area contributed by atoms with Gasteiger partial charge in [0, 0.05) is 11.3 Å². The molecule has 0 spiro atoms. The highest BCUT2D eigenvalue weighted by atomic mass is 32.1. The molecule has 8 nitrogen and oxygen atoms in total. The molecule has 2 amide bonds. The van der Waals surface area contributed by atoms with Crippen LogP contribution in [0.15, 0.2) is 53.9 Å². The second-order valence-electron chi connectivity index (χ2n) is 7.34. The minimum Gasteiger partial charge on any atom is -0.476 e. The summed E-state index contributed by atoms with van der Waals surface area (Å²) in [6.07, 6.45) is -0.683. The van der Waals surface area contributed by atoms with E-state index in [1.54, 1.807) is 6.92 Å². The molecule has 0 aliphatic heterocycles. The van der Waals surface area contributed by atoms with E-state index in [9.17, 15) is 14.4 Å². The Labute approximate surface area is 188 Å². The molecule has 0 saturated carbocycles. The average molecular weight is 452 g/mol. The number of thiazole rings is 1. The molecule has 9 heteroatoms. The molecular weight excluding hydrogens is 430 g/mol. The van der Waals surface area contributed by atoms with Crippen LogP contribution in [0.5, 0.6) is 0 Å². The summed E-state index contributed by atoms with van der Waals surface area (Å²) in [5, 5.41) is 15.9. The first-order valence-electron chi connectivity index (χ1n) is 10.0. The number of hydrogen-bond acceptors (Lipinski definition) is 6. The monoisotopic (exact) mass is 451 g/mol. The van der Waals surface area contributed by atoms with Crippen molar-refractivity contribution in [1.29, 1.82) is 0 Å². The number of benzene rings is 2. The number of carbonyl (C=O) groups excluding carboxylic acids is 2. The molecule has 0 saturated heterocycles. The minimum atomic E-state index is -1.12. The van der Waals surface area contributed by atoms with Crippen LogP contribution in [0.3, 0.4) is 0 Å². The van der Waals surface area contributed by atoms with Crippen molar-refractivity contribution in [3.05, 3.63) is 75.7 Å². The first kappa shape index (κ1) is 21.5. The predicted molar refractivity (Wildman–Crippen MR) is 119 cm³/mol. The fraction of sp³-hybridized carbons (Fsp3) is 0.217. The van der Waals surface area contributed by atoms with Crippen LogP contribution >= 0.6 is 11.3 Å². The summed E-state index contributed by atoms with van der Waals surface area (Å²) >= 11 is 1.14. The molecule has 1 aliphatic rings. The summed E-state index contributed by atoms with van der Waals surface area (Å²) in [7, 11) is 0. The molecule has 32 heavy (non-hydrogen) atoms. The lowest BCUT2D eigenvalue weighted by atomic mass is 9.98. The molecule has 1 aliphatic carbocycles. The quantitative estimate of drug-likeness (QED) is 0.507. The van der Waals surface area contributed by atoms with E-state index in [0.717, 1.165) is 33.6 Å². The third kappa shape index (κ3) is 4.47. The number of carboxylic acid groups (broad SMARTS) is 1. The third-order valence-electron chi connectivity index (χ3n) is 5.26. The van der Waals surface area contributed by atoms with Crippen LogP contribution in [0.1, 0.15) is 39.5 Å². The first-order valence-corrected chi connectivity index (χ1v) is 10.9. The molecule has 0 unspecified atom stereocenters. The molecule has 2 aromatic carbocycles. The van der Waals surface area contributed by atoms with Crippen LogP contribution in [0.4, 0.5) is 4.79 Å². The highest BCUT2D eigenvalue weighted by Crippen LogP contribution is 2.44. The number of nitrogens with zero attached hydrogens (tertiary/aromatic N) is 1. The largest absolute Gasteiger partial charge is 0.476 e. The van der Waals surface area contributed by atoms with Crippen molar-refractivity contribution in [3.8, 4) is 11.1 Å². The predicted octanol–water partition coefficient (Wildman–Crippen LogP) is 3.38. The zero-order valence-electron chi connectivity index (χ0n) is 17.2. The number of fused-ring (bicyclic) bond motifs is 3. The number of hydrogen-bond donors (Lipinski definition) is 3. The Morgan fingerprint density at radius 2 is 1.72 bits per heavy atom. The van der Waals surface area contributed by atoms with Gasteiger partial charge in [0.15, 0.2) is 5.69 Å². The van der Waals surface area contributed by atoms with Gasteiger partial charge in [0.05, 0.1) is 6.54 Å². The Kier molecular flexibility index (Phi) is 6.18. The van der Waals surface area contributed by atoms with Gasteiger partial charge in [-0.05, 0) is 29.2 Å². The van der Waals surface area contributed by atoms with Gasteiger partial charge in [-0.1, -0.05) is 48.5 Å². The van der Waals surface area contributed by atoms with Crippen molar-refractivity contribution in [2.75, 3.05) is 6.61 Å². The van der Waals surface area contributed by atoms with Gasteiger partial charge in [0.1, 0.15) is 17.7 Å². The van der Waals surface area contributed by atoms with Gasteiger partial charge in [-0.2, -0.15) is 0 Å². The van der Waals surface area contributed by atoms with Gasteiger partial charge in [0.2, 0.25) is 5.91 Å². The Morgan fingerprint density at radius 3 is 2.31 bits per heavy atom. The first-order chi connectivity index (χ1) is 15.4. The number of nitrogens with one attached hydrogen (secondary N) is 2. The number of aromatic nitrogens is 1. The molecule has 4 rings (SSSR count). The SMILES string of the molecule is C[C@H](NC(=O)OCC1c2ccccc2-c2ccccc21)C(=O)NCc1nc(C(=O)O)cs1. The van der Waals surface area contributed by atoms with Gasteiger partial charge < -0.3 is 20.5 Å². The zero-order valence-corrected chi connectivity index (χ0v) is 18.0. The fourth-order valence-electron chi connectivity index (χ4n) is 3.69. The van der Waals surface area contributed by atoms with Crippen LogP contribution in [0, 0.1) is 0 Å². The molecule has 3 N–H and O–H groups in total. The van der Waals surface area contributed by atoms with Crippen molar-refractivity contribution >= 4 is 29.3 Å². The maximum absolute atomic E-state index is 12.3. The number of amides is 2. The van der Waals surface area contributed by atoms with Crippen molar-refractivity contribution in [3.63, 3.8) is 0 Å². The van der Waals surface area contributed by atoms with Crippen LogP contribution in [0.25, 0.3) is 11.1 Å². The number of aromatic carboxylic acids is 1. The van der Waals surface area contributed by atoms with Crippen molar-refractivity contribution in [1.82, 2.24) is 15.6 Å². The van der Waals surface area contributed by atoms with Gasteiger partial charge in [-0.25, -0.2) is 14.6 Å². The van der Waals surface area contributed by atoms with Crippen molar-refractivity contribution in [2.45, 2.75) is 25.4 Å². The summed E-state index contributed by atoms with van der Waals surface area (Å²) in [6, 6.07) is 15.3. The standard InChI is InChI=1S/C23H21N3O5S/c1-13(21(27)24-10-20-26-19(12-32-20)22(28)29)25-23(30)31-11-18-16-8-4-2-6-14(16)15-7-3-5-9-17(15)18/h2-9,12-13,18H,10-11H2,1H3,(H,24,27)(H,25,30)(H,28,29)/t13-/m0/s1.